The van der Waals surface area contributed by atoms with Gasteiger partial charge in [-0.15, -0.1) is 0 Å². The minimum absolute atomic E-state index is 0.0261. The van der Waals surface area contributed by atoms with E-state index in [2.05, 4.69) is 20.3 Å². The van der Waals surface area contributed by atoms with Gasteiger partial charge in [-0.1, -0.05) is 17.7 Å². The Labute approximate surface area is 241 Å². The third-order valence-electron chi connectivity index (χ3n) is 7.18. The smallest absolute Gasteiger partial charge is 0.317 e. The predicted octanol–water partition coefficient (Wildman–Crippen LogP) is 4.27. The number of hydrogen-bond acceptors (Lipinski definition) is 8. The van der Waals surface area contributed by atoms with Crippen LogP contribution in [0.1, 0.15) is 34.6 Å². The summed E-state index contributed by atoms with van der Waals surface area (Å²) in [6.45, 7) is 6.14. The third-order valence-corrected chi connectivity index (χ3v) is 7.65. The van der Waals surface area contributed by atoms with E-state index < -0.39 is 23.7 Å². The van der Waals surface area contributed by atoms with E-state index in [0.29, 0.717) is 54.0 Å². The summed E-state index contributed by atoms with van der Waals surface area (Å²) < 4.78 is 14.7. The Hall–Kier alpha value is -4.35. The van der Waals surface area contributed by atoms with Crippen LogP contribution in [-0.2, 0) is 4.79 Å². The van der Waals surface area contributed by atoms with E-state index in [0.717, 1.165) is 16.5 Å². The Bertz CT molecular complexity index is 1630. The Morgan fingerprint density at radius 3 is 2.46 bits per heavy atom. The van der Waals surface area contributed by atoms with Crippen LogP contribution < -0.4 is 16.0 Å². The highest BCUT2D eigenvalue weighted by Crippen LogP contribution is 2.37. The molecule has 1 atom stereocenters. The maximum atomic E-state index is 14.7. The van der Waals surface area contributed by atoms with Gasteiger partial charge in [0.1, 0.15) is 5.82 Å². The van der Waals surface area contributed by atoms with E-state index in [1.807, 2.05) is 28.0 Å². The number of benzene rings is 2. The molecule has 1 unspecified atom stereocenters. The lowest BCUT2D eigenvalue weighted by Gasteiger charge is -2.33. The van der Waals surface area contributed by atoms with Crippen LogP contribution in [0.4, 0.5) is 16.0 Å². The second-order valence-corrected chi connectivity index (χ2v) is 10.4. The number of anilines is 2. The molecule has 0 spiro atoms. The number of rotatable bonds is 8. The number of aromatic nitrogens is 3. The van der Waals surface area contributed by atoms with Crippen molar-refractivity contribution in [2.45, 2.75) is 19.9 Å². The number of carbonyl (C=O) groups is 2. The molecule has 0 saturated carbocycles. The van der Waals surface area contributed by atoms with Gasteiger partial charge in [0.05, 0.1) is 34.5 Å². The minimum Gasteiger partial charge on any atom is -0.480 e. The number of fused-ring (bicyclic) bond motifs is 1. The third kappa shape index (κ3) is 6.06. The molecule has 41 heavy (non-hydrogen) atoms. The van der Waals surface area contributed by atoms with E-state index in [9.17, 15) is 14.0 Å². The number of aliphatic carboxylic acids is 1. The van der Waals surface area contributed by atoms with Crippen molar-refractivity contribution in [1.29, 1.82) is 0 Å². The van der Waals surface area contributed by atoms with Gasteiger partial charge in [-0.3, -0.25) is 19.5 Å². The lowest BCUT2D eigenvalue weighted by molar-refractivity contribution is -0.138. The first-order valence-corrected chi connectivity index (χ1v) is 13.5. The van der Waals surface area contributed by atoms with Crippen molar-refractivity contribution in [3.63, 3.8) is 0 Å². The monoisotopic (exact) mass is 577 g/mol. The molecule has 1 fully saturated rings. The fraction of sp³-hybridized carbons (Fsp3) is 0.276. The average Bonchev–Trinajstić information content (AvgIpc) is 2.95. The molecular weight excluding hydrogens is 549 g/mol. The number of nitrogens with zero attached hydrogens (tertiary/aromatic N) is 5. The highest BCUT2D eigenvalue weighted by molar-refractivity contribution is 6.35. The molecule has 1 aliphatic heterocycles. The van der Waals surface area contributed by atoms with E-state index in [-0.39, 0.29) is 17.7 Å². The molecule has 0 radical (unpaired) electrons. The van der Waals surface area contributed by atoms with Crippen LogP contribution in [0.2, 0.25) is 5.02 Å². The van der Waals surface area contributed by atoms with Crippen molar-refractivity contribution in [2.75, 3.05) is 42.9 Å². The zero-order chi connectivity index (χ0) is 29.3. The number of hydrogen-bond donors (Lipinski definition) is 3. The molecule has 2 aromatic heterocycles. The summed E-state index contributed by atoms with van der Waals surface area (Å²) in [5.74, 6) is -1.36. The summed E-state index contributed by atoms with van der Waals surface area (Å²) in [4.78, 5) is 40.3. The zero-order valence-electron chi connectivity index (χ0n) is 22.6. The van der Waals surface area contributed by atoms with Gasteiger partial charge in [0.25, 0.3) is 0 Å². The molecule has 1 amide bonds. The van der Waals surface area contributed by atoms with Gasteiger partial charge in [0.2, 0.25) is 11.9 Å². The molecule has 3 heterocycles. The number of carboxylic acid groups (broad SMARTS) is 1. The van der Waals surface area contributed by atoms with Crippen molar-refractivity contribution in [3.8, 4) is 11.1 Å². The van der Waals surface area contributed by atoms with Crippen LogP contribution >= 0.6 is 11.6 Å². The Morgan fingerprint density at radius 1 is 1.10 bits per heavy atom. The van der Waals surface area contributed by atoms with Crippen molar-refractivity contribution >= 4 is 46.0 Å². The Morgan fingerprint density at radius 2 is 1.80 bits per heavy atom. The molecule has 12 heteroatoms. The molecule has 212 valence electrons. The van der Waals surface area contributed by atoms with Crippen LogP contribution in [0.5, 0.6) is 0 Å². The molecule has 0 aliphatic carbocycles. The number of carbonyl (C=O) groups excluding carboxylic acids is 1. The normalized spacial score (nSPS) is 14.7. The minimum atomic E-state index is -0.835. The lowest BCUT2D eigenvalue weighted by atomic mass is 10.0. The van der Waals surface area contributed by atoms with Crippen LogP contribution in [0.25, 0.3) is 22.0 Å². The Balaban J connectivity index is 1.42. The van der Waals surface area contributed by atoms with Gasteiger partial charge in [-0.2, -0.15) is 0 Å². The predicted molar refractivity (Wildman–Crippen MR) is 156 cm³/mol. The fourth-order valence-electron chi connectivity index (χ4n) is 4.94. The first kappa shape index (κ1) is 28.2. The quantitative estimate of drug-likeness (QED) is 0.280. The van der Waals surface area contributed by atoms with Crippen LogP contribution in [-0.4, -0.2) is 69.6 Å². The van der Waals surface area contributed by atoms with E-state index in [4.69, 9.17) is 22.4 Å². The maximum absolute atomic E-state index is 14.7. The highest BCUT2D eigenvalue weighted by atomic mass is 35.5. The summed E-state index contributed by atoms with van der Waals surface area (Å²) in [6.07, 6.45) is 3.49. The summed E-state index contributed by atoms with van der Waals surface area (Å²) in [5.41, 5.74) is 9.43. The molecular formula is C29H29ClFN7O3. The van der Waals surface area contributed by atoms with Crippen molar-refractivity contribution in [3.05, 3.63) is 76.5 Å². The van der Waals surface area contributed by atoms with Crippen LogP contribution in [0, 0.1) is 12.7 Å². The number of nitrogens with one attached hydrogen (secondary N) is 1. The average molecular weight is 578 g/mol. The summed E-state index contributed by atoms with van der Waals surface area (Å²) in [5, 5.41) is 13.5. The lowest BCUT2D eigenvalue weighted by Crippen LogP contribution is -2.48. The zero-order valence-corrected chi connectivity index (χ0v) is 23.3. The van der Waals surface area contributed by atoms with E-state index >= 15 is 0 Å². The second kappa shape index (κ2) is 11.6. The number of primary amides is 1. The second-order valence-electron chi connectivity index (χ2n) is 10.0. The number of nitrogens with two attached hydrogens (primary N) is 1. The number of pyridine rings is 1. The Kier molecular flexibility index (Phi) is 8.00. The molecule has 0 bridgehead atoms. The molecule has 4 aromatic rings. The SMILES string of the molecule is Cc1nc2ccc(-c3cnc(N4CCN(CC(=O)O)CC4)nc3)cc2c(NC(C)c2cc(C(N)=O)ccc2F)c1Cl. The van der Waals surface area contributed by atoms with Gasteiger partial charge in [0, 0.05) is 60.6 Å². The first-order valence-electron chi connectivity index (χ1n) is 13.1. The van der Waals surface area contributed by atoms with Crippen molar-refractivity contribution in [1.82, 2.24) is 19.9 Å². The van der Waals surface area contributed by atoms with Crippen LogP contribution in [0.15, 0.2) is 48.8 Å². The first-order chi connectivity index (χ1) is 19.6. The highest BCUT2D eigenvalue weighted by Gasteiger charge is 2.21. The summed E-state index contributed by atoms with van der Waals surface area (Å²) >= 11 is 6.71. The number of carboxylic acids is 1. The molecule has 1 saturated heterocycles. The topological polar surface area (TPSA) is 138 Å². The van der Waals surface area contributed by atoms with Crippen molar-refractivity contribution < 1.29 is 19.1 Å². The van der Waals surface area contributed by atoms with Gasteiger partial charge in [-0.25, -0.2) is 14.4 Å². The molecule has 2 aromatic carbocycles. The molecule has 4 N–H and O–H groups in total. The van der Waals surface area contributed by atoms with Gasteiger partial charge in [-0.05, 0) is 49.7 Å². The van der Waals surface area contributed by atoms with Gasteiger partial charge >= 0.3 is 5.97 Å². The summed E-state index contributed by atoms with van der Waals surface area (Å²) in [6, 6.07) is 9.22. The largest absolute Gasteiger partial charge is 0.480 e. The van der Waals surface area contributed by atoms with Gasteiger partial charge < -0.3 is 21.1 Å². The summed E-state index contributed by atoms with van der Waals surface area (Å²) in [7, 11) is 0. The van der Waals surface area contributed by atoms with Crippen LogP contribution in [0.3, 0.4) is 0 Å². The molecule has 10 nitrogen and oxygen atoms in total. The number of aryl methyl sites for hydroxylation is 1. The fourth-order valence-corrected chi connectivity index (χ4v) is 5.14. The maximum Gasteiger partial charge on any atom is 0.317 e. The van der Waals surface area contributed by atoms with Crippen molar-refractivity contribution in [2.24, 2.45) is 5.73 Å². The van der Waals surface area contributed by atoms with E-state index in [1.54, 1.807) is 26.2 Å². The molecule has 1 aliphatic rings. The van der Waals surface area contributed by atoms with Gasteiger partial charge in [0.15, 0.2) is 0 Å². The number of halogens is 2. The number of amides is 1. The van der Waals surface area contributed by atoms with E-state index in [1.165, 1.54) is 18.2 Å². The molecule has 5 rings (SSSR count). The number of piperazine rings is 1. The standard InChI is InChI=1S/C29H29ClFN7O3/c1-16(21-12-19(28(32)41)3-5-23(21)31)36-27-22-11-18(4-6-24(22)35-17(2)26(27)30)20-13-33-29(34-14-20)38-9-7-37(8-10-38)15-25(39)40/h3-6,11-14,16H,7-10,15H2,1-2H3,(H2,32,41)(H,35,36)(H,39,40).